The van der Waals surface area contributed by atoms with Gasteiger partial charge in [-0.25, -0.2) is 9.29 Å². The SMILES string of the molecule is COc1ccc(C2c3sc(=O)n(CC(=O)Nc4cccc(C)c4)c3SC3C(=O)N(c4ccc(F)cc4)C(=O)C32)cc1OC. The number of aryl methyl sites for hydroxylation is 1. The molecule has 1 saturated heterocycles. The number of thioether (sulfide) groups is 1. The maximum atomic E-state index is 14.0. The van der Waals surface area contributed by atoms with E-state index in [0.717, 1.165) is 33.6 Å². The lowest BCUT2D eigenvalue weighted by Gasteiger charge is -2.31. The molecule has 3 unspecified atom stereocenters. The van der Waals surface area contributed by atoms with E-state index in [0.29, 0.717) is 32.7 Å². The molecule has 0 radical (unpaired) electrons. The van der Waals surface area contributed by atoms with Crippen LogP contribution in [0.5, 0.6) is 11.5 Å². The Balaban J connectivity index is 1.44. The van der Waals surface area contributed by atoms with Crippen molar-refractivity contribution in [1.29, 1.82) is 0 Å². The van der Waals surface area contributed by atoms with E-state index < -0.39 is 40.6 Å². The summed E-state index contributed by atoms with van der Waals surface area (Å²) in [6.07, 6.45) is 0. The molecule has 3 heterocycles. The van der Waals surface area contributed by atoms with Crippen molar-refractivity contribution >= 4 is 52.2 Å². The van der Waals surface area contributed by atoms with Crippen LogP contribution in [0, 0.1) is 18.7 Å². The number of anilines is 2. The molecule has 6 rings (SSSR count). The molecule has 4 aromatic rings. The number of amides is 3. The van der Waals surface area contributed by atoms with Crippen molar-refractivity contribution in [2.75, 3.05) is 24.4 Å². The van der Waals surface area contributed by atoms with E-state index in [-0.39, 0.29) is 17.1 Å². The summed E-state index contributed by atoms with van der Waals surface area (Å²) >= 11 is 2.05. The van der Waals surface area contributed by atoms with Gasteiger partial charge >= 0.3 is 4.87 Å². The van der Waals surface area contributed by atoms with Crippen molar-refractivity contribution in [2.24, 2.45) is 5.92 Å². The molecule has 3 aromatic carbocycles. The Kier molecular flexibility index (Phi) is 7.57. The van der Waals surface area contributed by atoms with Crippen LogP contribution in [0.25, 0.3) is 0 Å². The van der Waals surface area contributed by atoms with E-state index in [1.165, 1.54) is 43.1 Å². The molecule has 43 heavy (non-hydrogen) atoms. The Morgan fingerprint density at radius 3 is 2.40 bits per heavy atom. The van der Waals surface area contributed by atoms with Gasteiger partial charge in [0.05, 0.1) is 30.9 Å². The summed E-state index contributed by atoms with van der Waals surface area (Å²) < 4.78 is 26.0. The third-order valence-electron chi connectivity index (χ3n) is 7.50. The van der Waals surface area contributed by atoms with Crippen LogP contribution in [-0.4, -0.2) is 41.8 Å². The number of imide groups is 1. The third-order valence-corrected chi connectivity index (χ3v) is 10.1. The number of halogens is 1. The van der Waals surface area contributed by atoms with Crippen LogP contribution in [0.1, 0.15) is 21.9 Å². The summed E-state index contributed by atoms with van der Waals surface area (Å²) in [6.45, 7) is 1.64. The molecule has 3 atom stereocenters. The first kappa shape index (κ1) is 28.7. The Morgan fingerprint density at radius 1 is 0.953 bits per heavy atom. The highest BCUT2D eigenvalue weighted by molar-refractivity contribution is 8.00. The number of methoxy groups -OCH3 is 2. The van der Waals surface area contributed by atoms with Crippen LogP contribution in [0.3, 0.4) is 0 Å². The normalized spacial score (nSPS) is 19.2. The molecule has 0 saturated carbocycles. The zero-order valence-electron chi connectivity index (χ0n) is 23.3. The summed E-state index contributed by atoms with van der Waals surface area (Å²) in [7, 11) is 3.01. The van der Waals surface area contributed by atoms with Crippen LogP contribution >= 0.6 is 23.1 Å². The molecule has 9 nitrogen and oxygen atoms in total. The highest BCUT2D eigenvalue weighted by Crippen LogP contribution is 2.54. The number of carbonyl (C=O) groups is 3. The summed E-state index contributed by atoms with van der Waals surface area (Å²) in [6, 6.07) is 17.7. The minimum atomic E-state index is -0.886. The fourth-order valence-electron chi connectivity index (χ4n) is 5.57. The molecule has 12 heteroatoms. The minimum absolute atomic E-state index is 0.260. The van der Waals surface area contributed by atoms with E-state index in [1.54, 1.807) is 24.3 Å². The summed E-state index contributed by atoms with van der Waals surface area (Å²) in [5.41, 5.74) is 2.48. The summed E-state index contributed by atoms with van der Waals surface area (Å²) in [5, 5.41) is 2.40. The minimum Gasteiger partial charge on any atom is -0.493 e. The summed E-state index contributed by atoms with van der Waals surface area (Å²) in [4.78, 5) is 55.6. The van der Waals surface area contributed by atoms with Crippen molar-refractivity contribution in [3.05, 3.63) is 98.2 Å². The maximum Gasteiger partial charge on any atom is 0.308 e. The fourth-order valence-corrected chi connectivity index (χ4v) is 8.35. The molecule has 0 spiro atoms. The lowest BCUT2D eigenvalue weighted by Crippen LogP contribution is -2.33. The smallest absolute Gasteiger partial charge is 0.308 e. The molecule has 220 valence electrons. The van der Waals surface area contributed by atoms with Gasteiger partial charge in [-0.05, 0) is 66.6 Å². The first-order valence-corrected chi connectivity index (χ1v) is 15.0. The predicted molar refractivity (Wildman–Crippen MR) is 162 cm³/mol. The highest BCUT2D eigenvalue weighted by atomic mass is 32.2. The molecule has 1 aromatic heterocycles. The molecule has 2 aliphatic rings. The molecular formula is C31H26FN3O6S2. The first-order chi connectivity index (χ1) is 20.7. The van der Waals surface area contributed by atoms with Crippen LogP contribution in [-0.2, 0) is 20.9 Å². The lowest BCUT2D eigenvalue weighted by molar-refractivity contribution is -0.122. The number of carbonyl (C=O) groups excluding carboxylic acids is 3. The largest absolute Gasteiger partial charge is 0.493 e. The van der Waals surface area contributed by atoms with E-state index in [1.807, 2.05) is 25.1 Å². The number of benzene rings is 3. The molecular weight excluding hydrogens is 593 g/mol. The Bertz CT molecular complexity index is 1820. The van der Waals surface area contributed by atoms with Gasteiger partial charge in [-0.3, -0.25) is 23.7 Å². The Hall–Kier alpha value is -4.42. The second-order valence-corrected chi connectivity index (χ2v) is 12.3. The van der Waals surface area contributed by atoms with Crippen molar-refractivity contribution in [2.45, 2.75) is 29.7 Å². The van der Waals surface area contributed by atoms with Crippen LogP contribution in [0.4, 0.5) is 15.8 Å². The van der Waals surface area contributed by atoms with Gasteiger partial charge in [0.1, 0.15) is 17.6 Å². The number of fused-ring (bicyclic) bond motifs is 2. The van der Waals surface area contributed by atoms with Crippen LogP contribution < -0.4 is 24.6 Å². The highest BCUT2D eigenvalue weighted by Gasteiger charge is 2.57. The molecule has 0 aliphatic carbocycles. The van der Waals surface area contributed by atoms with E-state index in [9.17, 15) is 23.6 Å². The van der Waals surface area contributed by atoms with Gasteiger partial charge in [-0.1, -0.05) is 41.3 Å². The maximum absolute atomic E-state index is 14.0. The van der Waals surface area contributed by atoms with Gasteiger partial charge in [0, 0.05) is 16.5 Å². The van der Waals surface area contributed by atoms with E-state index in [4.69, 9.17) is 9.47 Å². The molecule has 3 amide bonds. The number of hydrogen-bond donors (Lipinski definition) is 1. The average molecular weight is 620 g/mol. The molecule has 0 bridgehead atoms. The van der Waals surface area contributed by atoms with Gasteiger partial charge < -0.3 is 14.8 Å². The van der Waals surface area contributed by atoms with Crippen molar-refractivity contribution in [3.8, 4) is 11.5 Å². The number of aromatic nitrogens is 1. The zero-order chi connectivity index (χ0) is 30.4. The van der Waals surface area contributed by atoms with Crippen molar-refractivity contribution < 1.29 is 28.2 Å². The number of rotatable bonds is 7. The van der Waals surface area contributed by atoms with Gasteiger partial charge in [0.2, 0.25) is 17.7 Å². The number of ether oxygens (including phenoxy) is 2. The second kappa shape index (κ2) is 11.3. The van der Waals surface area contributed by atoms with Crippen LogP contribution in [0.2, 0.25) is 0 Å². The fraction of sp³-hybridized carbons (Fsp3) is 0.226. The van der Waals surface area contributed by atoms with Gasteiger partial charge in [-0.2, -0.15) is 0 Å². The number of thiazole rings is 1. The predicted octanol–water partition coefficient (Wildman–Crippen LogP) is 4.81. The number of nitrogens with one attached hydrogen (secondary N) is 1. The number of hydrogen-bond acceptors (Lipinski definition) is 8. The standard InChI is InChI=1S/C31H26FN3O6S2/c1-16-5-4-6-19(13-16)33-23(36)15-34-30-27(43-31(34)39)24(17-7-12-21(40-2)22(14-17)41-3)25-26(42-30)29(38)35(28(25)37)20-10-8-18(32)9-11-20/h4-14,24-26H,15H2,1-3H3,(H,33,36). The van der Waals surface area contributed by atoms with Crippen molar-refractivity contribution in [1.82, 2.24) is 4.57 Å². The topological polar surface area (TPSA) is 107 Å². The Labute approximate surface area is 254 Å². The lowest BCUT2D eigenvalue weighted by atomic mass is 9.83. The number of nitrogens with zero attached hydrogens (tertiary/aromatic N) is 2. The van der Waals surface area contributed by atoms with Crippen LogP contribution in [0.15, 0.2) is 76.6 Å². The van der Waals surface area contributed by atoms with Crippen molar-refractivity contribution in [3.63, 3.8) is 0 Å². The molecule has 2 aliphatic heterocycles. The molecule has 1 N–H and O–H groups in total. The summed E-state index contributed by atoms with van der Waals surface area (Å²) in [5.74, 6) is -2.47. The van der Waals surface area contributed by atoms with E-state index in [2.05, 4.69) is 5.32 Å². The first-order valence-electron chi connectivity index (χ1n) is 13.3. The van der Waals surface area contributed by atoms with Gasteiger partial charge in [-0.15, -0.1) is 0 Å². The quantitative estimate of drug-likeness (QED) is 0.296. The van der Waals surface area contributed by atoms with E-state index >= 15 is 0 Å². The zero-order valence-corrected chi connectivity index (χ0v) is 25.0. The average Bonchev–Trinajstić information content (AvgIpc) is 3.43. The molecule has 1 fully saturated rings. The third kappa shape index (κ3) is 5.10. The second-order valence-electron chi connectivity index (χ2n) is 10.2. The monoisotopic (exact) mass is 619 g/mol. The van der Waals surface area contributed by atoms with Gasteiger partial charge in [0.25, 0.3) is 0 Å². The Morgan fingerprint density at radius 2 is 1.70 bits per heavy atom. The van der Waals surface area contributed by atoms with Gasteiger partial charge in [0.15, 0.2) is 11.5 Å².